The van der Waals surface area contributed by atoms with Gasteiger partial charge < -0.3 is 10.1 Å². The number of para-hydroxylation sites is 1. The van der Waals surface area contributed by atoms with Crippen LogP contribution in [0.1, 0.15) is 31.0 Å². The van der Waals surface area contributed by atoms with Crippen LogP contribution in [0.25, 0.3) is 0 Å². The highest BCUT2D eigenvalue weighted by Gasteiger charge is 2.31. The van der Waals surface area contributed by atoms with Crippen LogP contribution in [0.15, 0.2) is 48.5 Å². The molecule has 2 aromatic rings. The van der Waals surface area contributed by atoms with Crippen LogP contribution in [0.4, 0.5) is 23.7 Å². The molecule has 0 radical (unpaired) electrons. The molecule has 1 N–H and O–H groups in total. The van der Waals surface area contributed by atoms with Gasteiger partial charge in [0, 0.05) is 11.7 Å². The van der Waals surface area contributed by atoms with Crippen molar-refractivity contribution >= 4 is 11.7 Å². The molecule has 0 bridgehead atoms. The van der Waals surface area contributed by atoms with E-state index in [0.717, 1.165) is 23.2 Å². The van der Waals surface area contributed by atoms with E-state index in [1.807, 2.05) is 38.1 Å². The third kappa shape index (κ3) is 4.53. The molecule has 1 aliphatic heterocycles. The first kappa shape index (κ1) is 19.1. The molecule has 7 heteroatoms. The number of alkyl halides is 3. The smallest absolute Gasteiger partial charge is 0.422 e. The first-order valence-electron chi connectivity index (χ1n) is 8.72. The number of benzene rings is 2. The summed E-state index contributed by atoms with van der Waals surface area (Å²) in [4.78, 5) is 14.5. The van der Waals surface area contributed by atoms with Gasteiger partial charge in [-0.3, -0.25) is 4.90 Å². The Bertz CT molecular complexity index is 806. The number of anilines is 1. The third-order valence-electron chi connectivity index (χ3n) is 4.55. The number of ether oxygens (including phenoxy) is 1. The maximum atomic E-state index is 12.7. The number of nitrogens with one attached hydrogen (secondary N) is 1. The number of hydrogen-bond donors (Lipinski definition) is 1. The molecule has 3 rings (SSSR count). The van der Waals surface area contributed by atoms with E-state index in [1.165, 1.54) is 12.1 Å². The molecule has 27 heavy (non-hydrogen) atoms. The molecule has 1 aliphatic rings. The molecular weight excluding hydrogens is 357 g/mol. The Hall–Kier alpha value is -2.70. The fourth-order valence-corrected chi connectivity index (χ4v) is 3.23. The average Bonchev–Trinajstić information content (AvgIpc) is 2.95. The average molecular weight is 378 g/mol. The summed E-state index contributed by atoms with van der Waals surface area (Å²) < 4.78 is 41.3. The maximum absolute atomic E-state index is 12.7. The third-order valence-corrected chi connectivity index (χ3v) is 4.55. The largest absolute Gasteiger partial charge is 0.484 e. The molecule has 0 aromatic heterocycles. The molecule has 4 nitrogen and oxygen atoms in total. The number of carbonyl (C=O) groups excluding carboxylic acids is 1. The summed E-state index contributed by atoms with van der Waals surface area (Å²) in [6.45, 7) is 2.50. The molecule has 1 heterocycles. The van der Waals surface area contributed by atoms with Gasteiger partial charge in [0.05, 0.1) is 6.04 Å². The summed E-state index contributed by atoms with van der Waals surface area (Å²) in [5.41, 5.74) is 2.83. The number of urea groups is 1. The summed E-state index contributed by atoms with van der Waals surface area (Å²) in [5.74, 6) is 0.136. The van der Waals surface area contributed by atoms with Crippen LogP contribution in [0.5, 0.6) is 5.75 Å². The van der Waals surface area contributed by atoms with E-state index in [2.05, 4.69) is 5.32 Å². The van der Waals surface area contributed by atoms with Gasteiger partial charge in [0.25, 0.3) is 0 Å². The van der Waals surface area contributed by atoms with Crippen molar-refractivity contribution in [1.82, 2.24) is 5.32 Å². The summed E-state index contributed by atoms with van der Waals surface area (Å²) >= 11 is 0. The molecule has 0 saturated carbocycles. The van der Waals surface area contributed by atoms with Crippen molar-refractivity contribution in [2.24, 2.45) is 0 Å². The highest BCUT2D eigenvalue weighted by molar-refractivity contribution is 5.95. The van der Waals surface area contributed by atoms with Crippen molar-refractivity contribution in [3.63, 3.8) is 0 Å². The van der Waals surface area contributed by atoms with Crippen LogP contribution < -0.4 is 15.0 Å². The van der Waals surface area contributed by atoms with E-state index in [1.54, 1.807) is 17.0 Å². The van der Waals surface area contributed by atoms with Gasteiger partial charge in [-0.05, 0) is 49.6 Å². The van der Waals surface area contributed by atoms with Crippen LogP contribution >= 0.6 is 0 Å². The van der Waals surface area contributed by atoms with E-state index in [-0.39, 0.29) is 23.9 Å². The molecule has 2 unspecified atom stereocenters. The minimum Gasteiger partial charge on any atom is -0.484 e. The number of carbonyl (C=O) groups is 1. The summed E-state index contributed by atoms with van der Waals surface area (Å²) in [6.07, 6.45) is -3.56. The zero-order valence-corrected chi connectivity index (χ0v) is 15.1. The standard InChI is InChI=1S/C20H21F3N2O2/c1-13-11-16-5-3-4-6-18(16)25(13)19(26)24-14(2)15-7-9-17(10-8-15)27-12-20(21,22)23/h3-10,13-14H,11-12H2,1-2H3,(H,24,26). The second-order valence-electron chi connectivity index (χ2n) is 6.70. The molecule has 0 spiro atoms. The van der Waals surface area contributed by atoms with Crippen molar-refractivity contribution < 1.29 is 22.7 Å². The zero-order valence-electron chi connectivity index (χ0n) is 15.1. The monoisotopic (exact) mass is 378 g/mol. The minimum absolute atomic E-state index is 0.0627. The van der Waals surface area contributed by atoms with Gasteiger partial charge in [0.2, 0.25) is 0 Å². The van der Waals surface area contributed by atoms with Crippen molar-refractivity contribution in [2.45, 2.75) is 38.5 Å². The fraction of sp³-hybridized carbons (Fsp3) is 0.350. The number of amides is 2. The second-order valence-corrected chi connectivity index (χ2v) is 6.70. The predicted octanol–water partition coefficient (Wildman–Crippen LogP) is 4.85. The predicted molar refractivity (Wildman–Crippen MR) is 97.0 cm³/mol. The Morgan fingerprint density at radius 1 is 1.22 bits per heavy atom. The van der Waals surface area contributed by atoms with Gasteiger partial charge >= 0.3 is 12.2 Å². The SMILES string of the molecule is CC(NC(=O)N1c2ccccc2CC1C)c1ccc(OCC(F)(F)F)cc1. The molecular formula is C20H21F3N2O2. The Morgan fingerprint density at radius 2 is 1.89 bits per heavy atom. The summed E-state index contributed by atoms with van der Waals surface area (Å²) in [6, 6.07) is 13.6. The molecule has 2 atom stereocenters. The molecule has 0 aliphatic carbocycles. The Labute approximate surface area is 155 Å². The first-order valence-corrected chi connectivity index (χ1v) is 8.72. The highest BCUT2D eigenvalue weighted by atomic mass is 19.4. The van der Waals surface area contributed by atoms with Crippen LogP contribution in [-0.2, 0) is 6.42 Å². The Morgan fingerprint density at radius 3 is 2.56 bits per heavy atom. The van der Waals surface area contributed by atoms with Gasteiger partial charge in [0.1, 0.15) is 5.75 Å². The number of rotatable bonds is 4. The van der Waals surface area contributed by atoms with Gasteiger partial charge in [-0.1, -0.05) is 30.3 Å². The van der Waals surface area contributed by atoms with Crippen molar-refractivity contribution in [1.29, 1.82) is 0 Å². The lowest BCUT2D eigenvalue weighted by Gasteiger charge is -2.25. The van der Waals surface area contributed by atoms with Crippen molar-refractivity contribution in [2.75, 3.05) is 11.5 Å². The number of fused-ring (bicyclic) bond motifs is 1. The quantitative estimate of drug-likeness (QED) is 0.826. The molecule has 0 fully saturated rings. The zero-order chi connectivity index (χ0) is 19.6. The molecule has 0 saturated heterocycles. The number of halogens is 3. The van der Waals surface area contributed by atoms with E-state index >= 15 is 0 Å². The van der Waals surface area contributed by atoms with Gasteiger partial charge in [-0.2, -0.15) is 13.2 Å². The first-order chi connectivity index (χ1) is 12.7. The lowest BCUT2D eigenvalue weighted by molar-refractivity contribution is -0.153. The second kappa shape index (κ2) is 7.50. The van der Waals surface area contributed by atoms with Gasteiger partial charge in [0.15, 0.2) is 6.61 Å². The summed E-state index contributed by atoms with van der Waals surface area (Å²) in [5, 5.41) is 2.95. The topological polar surface area (TPSA) is 41.6 Å². The van der Waals surface area contributed by atoms with E-state index in [0.29, 0.717) is 0 Å². The summed E-state index contributed by atoms with van der Waals surface area (Å²) in [7, 11) is 0. The van der Waals surface area contributed by atoms with E-state index < -0.39 is 12.8 Å². The van der Waals surface area contributed by atoms with E-state index in [9.17, 15) is 18.0 Å². The molecule has 144 valence electrons. The van der Waals surface area contributed by atoms with Crippen molar-refractivity contribution in [3.8, 4) is 5.75 Å². The van der Waals surface area contributed by atoms with Gasteiger partial charge in [-0.15, -0.1) is 0 Å². The van der Waals surface area contributed by atoms with Crippen molar-refractivity contribution in [3.05, 3.63) is 59.7 Å². The lowest BCUT2D eigenvalue weighted by atomic mass is 10.1. The van der Waals surface area contributed by atoms with Gasteiger partial charge in [-0.25, -0.2) is 4.79 Å². The Kier molecular flexibility index (Phi) is 5.30. The van der Waals surface area contributed by atoms with E-state index in [4.69, 9.17) is 4.74 Å². The molecule has 2 aromatic carbocycles. The fourth-order valence-electron chi connectivity index (χ4n) is 3.23. The Balaban J connectivity index is 1.63. The minimum atomic E-state index is -4.37. The highest BCUT2D eigenvalue weighted by Crippen LogP contribution is 2.32. The lowest BCUT2D eigenvalue weighted by Crippen LogP contribution is -2.44. The molecule has 2 amide bonds. The van der Waals surface area contributed by atoms with Crippen LogP contribution in [-0.4, -0.2) is 24.9 Å². The van der Waals surface area contributed by atoms with Crippen LogP contribution in [0, 0.1) is 0 Å². The number of nitrogens with zero attached hydrogens (tertiary/aromatic N) is 1. The maximum Gasteiger partial charge on any atom is 0.422 e. The number of hydrogen-bond acceptors (Lipinski definition) is 2. The van der Waals surface area contributed by atoms with Crippen LogP contribution in [0.2, 0.25) is 0 Å². The van der Waals surface area contributed by atoms with Crippen LogP contribution in [0.3, 0.4) is 0 Å². The normalized spacial score (nSPS) is 17.4.